The third kappa shape index (κ3) is 3.57. The van der Waals surface area contributed by atoms with Gasteiger partial charge in [-0.1, -0.05) is 0 Å². The number of likely N-dealkylation sites (N-methyl/N-ethyl adjacent to an activating group) is 1. The van der Waals surface area contributed by atoms with Crippen molar-refractivity contribution in [3.8, 4) is 0 Å². The number of rotatable bonds is 6. The molecule has 0 saturated carbocycles. The second kappa shape index (κ2) is 6.79. The molecule has 1 amide bonds. The van der Waals surface area contributed by atoms with E-state index in [-0.39, 0.29) is 5.91 Å². The van der Waals surface area contributed by atoms with Crippen molar-refractivity contribution in [3.05, 3.63) is 42.6 Å². The minimum absolute atomic E-state index is 0.128. The van der Waals surface area contributed by atoms with Crippen molar-refractivity contribution in [1.82, 2.24) is 19.6 Å². The van der Waals surface area contributed by atoms with Crippen LogP contribution in [-0.2, 0) is 17.9 Å². The summed E-state index contributed by atoms with van der Waals surface area (Å²) in [6.45, 7) is 2.81. The Kier molecular flexibility index (Phi) is 4.58. The van der Waals surface area contributed by atoms with Gasteiger partial charge >= 0.3 is 0 Å². The molecule has 1 aliphatic rings. The monoisotopic (exact) mass is 302 g/mol. The zero-order valence-corrected chi connectivity index (χ0v) is 12.9. The molecule has 6 nitrogen and oxygen atoms in total. The fourth-order valence-electron chi connectivity index (χ4n) is 2.95. The maximum atomic E-state index is 12.4. The number of hydrogen-bond acceptors (Lipinski definition) is 4. The summed E-state index contributed by atoms with van der Waals surface area (Å²) in [6.07, 6.45) is 7.66. The number of aromatic nitrogens is 2. The normalized spacial score (nSPS) is 18.7. The molecule has 0 bridgehead atoms. The minimum atomic E-state index is 0.128. The molecular formula is C16H22N4O2. The van der Waals surface area contributed by atoms with Gasteiger partial charge in [0, 0.05) is 25.5 Å². The molecule has 0 N–H and O–H groups in total. The smallest absolute Gasteiger partial charge is 0.236 e. The molecule has 3 rings (SSSR count). The maximum Gasteiger partial charge on any atom is 0.236 e. The van der Waals surface area contributed by atoms with E-state index in [2.05, 4.69) is 10.00 Å². The Labute approximate surface area is 130 Å². The average molecular weight is 302 g/mol. The van der Waals surface area contributed by atoms with E-state index < -0.39 is 0 Å². The topological polar surface area (TPSA) is 54.5 Å². The highest BCUT2D eigenvalue weighted by Crippen LogP contribution is 2.18. The lowest BCUT2D eigenvalue weighted by Crippen LogP contribution is -2.41. The predicted octanol–water partition coefficient (Wildman–Crippen LogP) is 1.60. The van der Waals surface area contributed by atoms with Gasteiger partial charge < -0.3 is 9.32 Å². The van der Waals surface area contributed by atoms with E-state index in [0.29, 0.717) is 19.1 Å². The van der Waals surface area contributed by atoms with Crippen LogP contribution in [0.3, 0.4) is 0 Å². The van der Waals surface area contributed by atoms with Crippen LogP contribution in [-0.4, -0.2) is 51.7 Å². The molecule has 0 aromatic carbocycles. The summed E-state index contributed by atoms with van der Waals surface area (Å²) in [7, 11) is 1.82. The van der Waals surface area contributed by atoms with Gasteiger partial charge in [-0.25, -0.2) is 0 Å². The van der Waals surface area contributed by atoms with Gasteiger partial charge in [0.05, 0.1) is 25.9 Å². The summed E-state index contributed by atoms with van der Waals surface area (Å²) in [4.78, 5) is 16.4. The summed E-state index contributed by atoms with van der Waals surface area (Å²) in [5, 5.41) is 4.26. The van der Waals surface area contributed by atoms with Crippen molar-refractivity contribution in [2.24, 2.45) is 0 Å². The van der Waals surface area contributed by atoms with E-state index in [4.69, 9.17) is 4.42 Å². The van der Waals surface area contributed by atoms with Crippen molar-refractivity contribution in [2.75, 3.05) is 20.1 Å². The number of carbonyl (C=O) groups excluding carboxylic acids is 1. The first kappa shape index (κ1) is 14.8. The Morgan fingerprint density at radius 3 is 3.14 bits per heavy atom. The number of hydrogen-bond donors (Lipinski definition) is 0. The van der Waals surface area contributed by atoms with Gasteiger partial charge in [-0.05, 0) is 37.6 Å². The summed E-state index contributed by atoms with van der Waals surface area (Å²) in [5.41, 5.74) is 0. The molecule has 3 heterocycles. The summed E-state index contributed by atoms with van der Waals surface area (Å²) < 4.78 is 7.24. The highest BCUT2D eigenvalue weighted by atomic mass is 16.3. The molecule has 0 unspecified atom stereocenters. The molecule has 6 heteroatoms. The summed E-state index contributed by atoms with van der Waals surface area (Å²) >= 11 is 0. The van der Waals surface area contributed by atoms with Crippen LogP contribution in [0.25, 0.3) is 0 Å². The zero-order chi connectivity index (χ0) is 15.4. The first-order valence-electron chi connectivity index (χ1n) is 7.70. The molecule has 1 fully saturated rings. The van der Waals surface area contributed by atoms with Crippen LogP contribution in [0.1, 0.15) is 18.6 Å². The van der Waals surface area contributed by atoms with Gasteiger partial charge in [0.15, 0.2) is 0 Å². The molecule has 2 aromatic heterocycles. The van der Waals surface area contributed by atoms with Gasteiger partial charge in [0.25, 0.3) is 0 Å². The number of nitrogens with zero attached hydrogens (tertiary/aromatic N) is 4. The Hall–Kier alpha value is -2.08. The van der Waals surface area contributed by atoms with E-state index in [0.717, 1.165) is 31.7 Å². The summed E-state index contributed by atoms with van der Waals surface area (Å²) in [6, 6.07) is 6.05. The van der Waals surface area contributed by atoms with Gasteiger partial charge in [0.1, 0.15) is 5.76 Å². The highest BCUT2D eigenvalue weighted by molar-refractivity contribution is 5.78. The highest BCUT2D eigenvalue weighted by Gasteiger charge is 2.27. The number of amides is 1. The van der Waals surface area contributed by atoms with E-state index >= 15 is 0 Å². The maximum absolute atomic E-state index is 12.4. The predicted molar refractivity (Wildman–Crippen MR) is 82.0 cm³/mol. The third-order valence-corrected chi connectivity index (χ3v) is 4.19. The summed E-state index contributed by atoms with van der Waals surface area (Å²) in [5.74, 6) is 0.939. The van der Waals surface area contributed by atoms with Crippen molar-refractivity contribution >= 4 is 5.91 Å². The first-order chi connectivity index (χ1) is 10.7. The van der Waals surface area contributed by atoms with E-state index in [1.807, 2.05) is 36.1 Å². The molecule has 1 aliphatic heterocycles. The Bertz CT molecular complexity index is 579. The number of carbonyl (C=O) groups is 1. The standard InChI is InChI=1S/C16H22N4O2/c1-18(12-15-6-3-10-22-15)16(21)13-19-8-2-5-14(19)11-20-9-4-7-17-20/h3-4,6-7,9-10,14H,2,5,8,11-13H2,1H3/t14-/m0/s1. The molecule has 0 spiro atoms. The molecular weight excluding hydrogens is 280 g/mol. The quantitative estimate of drug-likeness (QED) is 0.813. The Morgan fingerprint density at radius 2 is 2.41 bits per heavy atom. The molecule has 22 heavy (non-hydrogen) atoms. The van der Waals surface area contributed by atoms with Gasteiger partial charge in [0.2, 0.25) is 5.91 Å². The van der Waals surface area contributed by atoms with Crippen LogP contribution in [0.5, 0.6) is 0 Å². The second-order valence-electron chi connectivity index (χ2n) is 5.82. The minimum Gasteiger partial charge on any atom is -0.467 e. The Balaban J connectivity index is 1.53. The van der Waals surface area contributed by atoms with E-state index in [9.17, 15) is 4.79 Å². The largest absolute Gasteiger partial charge is 0.467 e. The van der Waals surface area contributed by atoms with E-state index in [1.165, 1.54) is 0 Å². The number of furan rings is 1. The number of likely N-dealkylation sites (tertiary alicyclic amines) is 1. The van der Waals surface area contributed by atoms with Crippen molar-refractivity contribution < 1.29 is 9.21 Å². The molecule has 118 valence electrons. The van der Waals surface area contributed by atoms with Crippen LogP contribution in [0.2, 0.25) is 0 Å². The molecule has 2 aromatic rings. The molecule has 0 aliphatic carbocycles. The molecule has 0 radical (unpaired) electrons. The molecule has 1 atom stereocenters. The fraction of sp³-hybridized carbons (Fsp3) is 0.500. The van der Waals surface area contributed by atoms with Crippen molar-refractivity contribution in [3.63, 3.8) is 0 Å². The van der Waals surface area contributed by atoms with Gasteiger partial charge in [-0.3, -0.25) is 14.4 Å². The van der Waals surface area contributed by atoms with Gasteiger partial charge in [-0.2, -0.15) is 5.10 Å². The lowest BCUT2D eigenvalue weighted by atomic mass is 10.2. The van der Waals surface area contributed by atoms with Crippen LogP contribution < -0.4 is 0 Å². The lowest BCUT2D eigenvalue weighted by Gasteiger charge is -2.26. The van der Waals surface area contributed by atoms with Crippen LogP contribution in [0.15, 0.2) is 41.3 Å². The van der Waals surface area contributed by atoms with Crippen molar-refractivity contribution in [1.29, 1.82) is 0 Å². The van der Waals surface area contributed by atoms with Crippen LogP contribution >= 0.6 is 0 Å². The van der Waals surface area contributed by atoms with Gasteiger partial charge in [-0.15, -0.1) is 0 Å². The third-order valence-electron chi connectivity index (χ3n) is 4.19. The fourth-order valence-corrected chi connectivity index (χ4v) is 2.95. The second-order valence-corrected chi connectivity index (χ2v) is 5.82. The van der Waals surface area contributed by atoms with Crippen molar-refractivity contribution in [2.45, 2.75) is 32.0 Å². The zero-order valence-electron chi connectivity index (χ0n) is 12.9. The van der Waals surface area contributed by atoms with Crippen LogP contribution in [0, 0.1) is 0 Å². The molecule has 1 saturated heterocycles. The lowest BCUT2D eigenvalue weighted by molar-refractivity contribution is -0.132. The average Bonchev–Trinajstić information content (AvgIpc) is 3.23. The SMILES string of the molecule is CN(Cc1ccco1)C(=O)CN1CCC[C@H]1Cn1cccn1. The van der Waals surface area contributed by atoms with Crippen LogP contribution in [0.4, 0.5) is 0 Å². The first-order valence-corrected chi connectivity index (χ1v) is 7.70. The Morgan fingerprint density at radius 1 is 1.50 bits per heavy atom. The van der Waals surface area contributed by atoms with E-state index in [1.54, 1.807) is 17.4 Å².